The number of benzene rings is 1. The van der Waals surface area contributed by atoms with Crippen molar-refractivity contribution in [2.24, 2.45) is 0 Å². The van der Waals surface area contributed by atoms with Crippen molar-refractivity contribution in [3.63, 3.8) is 0 Å². The minimum atomic E-state index is -1.30. The van der Waals surface area contributed by atoms with E-state index in [4.69, 9.17) is 13.3 Å². The van der Waals surface area contributed by atoms with Gasteiger partial charge in [0.2, 0.25) is 0 Å². The van der Waals surface area contributed by atoms with Crippen LogP contribution in [0, 0.1) is 13.3 Å². The zero-order valence-corrected chi connectivity index (χ0v) is 16.5. The molecule has 0 radical (unpaired) electrons. The van der Waals surface area contributed by atoms with Gasteiger partial charge in [-0.1, -0.05) is 26.7 Å². The van der Waals surface area contributed by atoms with Crippen LogP contribution in [0.1, 0.15) is 53.4 Å². The second kappa shape index (κ2) is 5.86. The average molecular weight is 334 g/mol. The van der Waals surface area contributed by atoms with Crippen molar-refractivity contribution in [3.8, 4) is 0 Å². The molecule has 2 aliphatic rings. The van der Waals surface area contributed by atoms with Crippen molar-refractivity contribution in [3.05, 3.63) is 37.6 Å². The lowest BCUT2D eigenvalue weighted by Crippen LogP contribution is -2.36. The molecule has 1 aromatic carbocycles. The van der Waals surface area contributed by atoms with Gasteiger partial charge in [0.25, 0.3) is 0 Å². The monoisotopic (exact) mass is 334 g/mol. The molecule has 2 heterocycles. The van der Waals surface area contributed by atoms with Crippen molar-refractivity contribution in [1.29, 1.82) is 0 Å². The van der Waals surface area contributed by atoms with E-state index in [1.165, 1.54) is 25.7 Å². The molecule has 0 bridgehead atoms. The maximum absolute atomic E-state index is 4.92. The van der Waals surface area contributed by atoms with Gasteiger partial charge >= 0.3 is 0 Å². The summed E-state index contributed by atoms with van der Waals surface area (Å²) in [6.45, 7) is 19.7. The molecule has 0 nitrogen and oxygen atoms in total. The molecule has 0 aliphatic carbocycles. The summed E-state index contributed by atoms with van der Waals surface area (Å²) in [6.07, 6.45) is 5.45. The molecular formula is C20H32P2. The standard InChI is InChI=1S/C20H32P2/c1-15-11-12-16(2)21(15,5)19-9-7-8-10-20(19)22(6)17(3)13-14-18(22)4/h7-10,15-18H,5-6,11-14H2,1-4H3/t15-,16-,17-,18-/m0/s1. The highest BCUT2D eigenvalue weighted by atomic mass is 31.2. The Morgan fingerprint density at radius 3 is 1.23 bits per heavy atom. The summed E-state index contributed by atoms with van der Waals surface area (Å²) in [6, 6.07) is 9.36. The van der Waals surface area contributed by atoms with Crippen LogP contribution in [0.5, 0.6) is 0 Å². The van der Waals surface area contributed by atoms with Crippen LogP contribution in [0.2, 0.25) is 0 Å². The Morgan fingerprint density at radius 2 is 0.955 bits per heavy atom. The van der Waals surface area contributed by atoms with E-state index in [1.807, 2.05) is 0 Å². The fourth-order valence-corrected chi connectivity index (χ4v) is 13.8. The minimum absolute atomic E-state index is 0.781. The maximum Gasteiger partial charge on any atom is 0.104 e. The molecular weight excluding hydrogens is 302 g/mol. The van der Waals surface area contributed by atoms with Crippen LogP contribution in [0.4, 0.5) is 0 Å². The van der Waals surface area contributed by atoms with E-state index >= 15 is 0 Å². The first-order valence-corrected chi connectivity index (χ1v) is 13.1. The highest BCUT2D eigenvalue weighted by Gasteiger charge is 2.52. The molecule has 0 aromatic heterocycles. The molecule has 2 aliphatic heterocycles. The van der Waals surface area contributed by atoms with E-state index in [-0.39, 0.29) is 0 Å². The van der Waals surface area contributed by atoms with Crippen LogP contribution in [0.25, 0.3) is 0 Å². The smallest absolute Gasteiger partial charge is 0.104 e. The zero-order chi connectivity index (χ0) is 16.1. The predicted octanol–water partition coefficient (Wildman–Crippen LogP) is 5.70. The van der Waals surface area contributed by atoms with E-state index in [0.717, 1.165) is 22.6 Å². The summed E-state index contributed by atoms with van der Waals surface area (Å²) in [7, 11) is -2.60. The predicted molar refractivity (Wildman–Crippen MR) is 107 cm³/mol. The van der Waals surface area contributed by atoms with Gasteiger partial charge in [-0.3, -0.25) is 0 Å². The van der Waals surface area contributed by atoms with E-state index in [2.05, 4.69) is 52.0 Å². The highest BCUT2D eigenvalue weighted by Crippen LogP contribution is 2.75. The SMILES string of the molecule is [CH2-][P+]1(c2ccccc2[P+]2([CH2-])[C@@H](C)CC[C@@H]2C)[C@@H](C)CC[C@@H]1C. The van der Waals surface area contributed by atoms with Crippen molar-refractivity contribution in [2.45, 2.75) is 76.0 Å². The third-order valence-electron chi connectivity index (χ3n) is 6.93. The van der Waals surface area contributed by atoms with Crippen molar-refractivity contribution >= 4 is 25.1 Å². The maximum atomic E-state index is 4.92. The molecule has 2 heteroatoms. The quantitative estimate of drug-likeness (QED) is 0.481. The highest BCUT2D eigenvalue weighted by molar-refractivity contribution is 7.91. The lowest BCUT2D eigenvalue weighted by Gasteiger charge is -2.41. The van der Waals surface area contributed by atoms with Crippen LogP contribution in [-0.4, -0.2) is 22.6 Å². The van der Waals surface area contributed by atoms with Gasteiger partial charge in [0.05, 0.1) is 0 Å². The molecule has 2 fully saturated rings. The Kier molecular flexibility index (Phi) is 4.51. The molecule has 0 saturated carbocycles. The summed E-state index contributed by atoms with van der Waals surface area (Å²) < 4.78 is 0. The fraction of sp³-hybridized carbons (Fsp3) is 0.600. The van der Waals surface area contributed by atoms with Crippen molar-refractivity contribution < 1.29 is 0 Å². The fourth-order valence-electron chi connectivity index (χ4n) is 4.87. The van der Waals surface area contributed by atoms with Crippen LogP contribution < -0.4 is 10.6 Å². The number of hydrogen-bond acceptors (Lipinski definition) is 0. The Bertz CT molecular complexity index is 481. The summed E-state index contributed by atoms with van der Waals surface area (Å²) in [5.74, 6) is 0. The average Bonchev–Trinajstić information content (AvgIpc) is 2.94. The van der Waals surface area contributed by atoms with Gasteiger partial charge in [-0.05, 0) is 65.5 Å². The van der Waals surface area contributed by atoms with Gasteiger partial charge in [0.15, 0.2) is 0 Å². The van der Waals surface area contributed by atoms with E-state index in [1.54, 1.807) is 10.6 Å². The summed E-state index contributed by atoms with van der Waals surface area (Å²) in [5.41, 5.74) is 3.12. The summed E-state index contributed by atoms with van der Waals surface area (Å²) >= 11 is 0. The third kappa shape index (κ3) is 2.24. The molecule has 0 N–H and O–H groups in total. The Hall–Kier alpha value is 0.0800. The van der Waals surface area contributed by atoms with Gasteiger partial charge in [-0.25, -0.2) is 0 Å². The van der Waals surface area contributed by atoms with Crippen LogP contribution in [0.15, 0.2) is 24.3 Å². The van der Waals surface area contributed by atoms with Gasteiger partial charge in [0, 0.05) is 22.6 Å². The minimum Gasteiger partial charge on any atom is -0.174 e. The second-order valence-corrected chi connectivity index (χ2v) is 16.1. The first-order valence-electron chi connectivity index (χ1n) is 8.88. The normalized spacial score (nSPS) is 36.6. The number of hydrogen-bond donors (Lipinski definition) is 0. The Labute approximate surface area is 139 Å². The third-order valence-corrected chi connectivity index (χ3v) is 17.0. The first kappa shape index (κ1) is 16.9. The first-order chi connectivity index (χ1) is 10.3. The molecule has 122 valence electrons. The largest absolute Gasteiger partial charge is 0.174 e. The second-order valence-electron chi connectivity index (χ2n) is 7.90. The molecule has 0 amide bonds. The molecule has 0 unspecified atom stereocenters. The van der Waals surface area contributed by atoms with E-state index in [9.17, 15) is 0 Å². The summed E-state index contributed by atoms with van der Waals surface area (Å²) in [5, 5.41) is 3.30. The van der Waals surface area contributed by atoms with Gasteiger partial charge in [-0.15, -0.1) is 0 Å². The molecule has 1 aromatic rings. The molecule has 0 spiro atoms. The van der Waals surface area contributed by atoms with Crippen LogP contribution in [-0.2, 0) is 0 Å². The van der Waals surface area contributed by atoms with Crippen LogP contribution >= 0.6 is 14.5 Å². The van der Waals surface area contributed by atoms with Gasteiger partial charge in [0.1, 0.15) is 10.6 Å². The Morgan fingerprint density at radius 1 is 0.682 bits per heavy atom. The topological polar surface area (TPSA) is 0 Å². The number of rotatable bonds is 2. The summed E-state index contributed by atoms with van der Waals surface area (Å²) in [4.78, 5) is 0. The molecule has 22 heavy (non-hydrogen) atoms. The lowest BCUT2D eigenvalue weighted by molar-refractivity contribution is 0.777. The zero-order valence-electron chi connectivity index (χ0n) is 14.8. The van der Waals surface area contributed by atoms with Gasteiger partial charge in [-0.2, -0.15) is 13.3 Å². The molecule has 3 rings (SSSR count). The van der Waals surface area contributed by atoms with Crippen LogP contribution in [0.3, 0.4) is 0 Å². The lowest BCUT2D eigenvalue weighted by atomic mass is 10.2. The van der Waals surface area contributed by atoms with Gasteiger partial charge < -0.3 is 0 Å². The molecule has 4 atom stereocenters. The molecule has 2 saturated heterocycles. The van der Waals surface area contributed by atoms with E-state index < -0.39 is 14.5 Å². The van der Waals surface area contributed by atoms with Crippen molar-refractivity contribution in [1.82, 2.24) is 0 Å². The Balaban J connectivity index is 2.16. The van der Waals surface area contributed by atoms with Crippen molar-refractivity contribution in [2.75, 3.05) is 0 Å². The van der Waals surface area contributed by atoms with E-state index in [0.29, 0.717) is 0 Å².